The first-order valence-corrected chi connectivity index (χ1v) is 9.71. The van der Waals surface area contributed by atoms with E-state index in [1.165, 1.54) is 27.4 Å². The average molecular weight is 418 g/mol. The molecule has 162 valence electrons. The summed E-state index contributed by atoms with van der Waals surface area (Å²) in [5.41, 5.74) is 0.931. The maximum Gasteiger partial charge on any atom is 0.260 e. The van der Waals surface area contributed by atoms with Gasteiger partial charge in [-0.2, -0.15) is 0 Å². The molecular formula is C22H27FN2O5. The van der Waals surface area contributed by atoms with Crippen LogP contribution in [0.4, 0.5) is 4.39 Å². The standard InChI is InChI=1S/C22H27FN2O5/c1-27-19-12-18(13-20(28-2)22(19)29-3)30-15-21(26)25-9-7-24(8-10-25)14-16-5-4-6-17(23)11-16/h4-6,11-13H,7-10,14-15H2,1-3H3. The van der Waals surface area contributed by atoms with Gasteiger partial charge in [-0.05, 0) is 17.7 Å². The Balaban J connectivity index is 1.51. The van der Waals surface area contributed by atoms with E-state index in [1.807, 2.05) is 6.07 Å². The lowest BCUT2D eigenvalue weighted by molar-refractivity contribution is -0.135. The van der Waals surface area contributed by atoms with Crippen molar-refractivity contribution < 1.29 is 28.1 Å². The van der Waals surface area contributed by atoms with Crippen LogP contribution in [0.25, 0.3) is 0 Å². The van der Waals surface area contributed by atoms with E-state index in [1.54, 1.807) is 29.2 Å². The Morgan fingerprint density at radius 3 is 2.20 bits per heavy atom. The van der Waals surface area contributed by atoms with E-state index < -0.39 is 0 Å². The first-order valence-electron chi connectivity index (χ1n) is 9.71. The molecule has 0 unspecified atom stereocenters. The third kappa shape index (κ3) is 5.33. The number of carbonyl (C=O) groups excluding carboxylic acids is 1. The highest BCUT2D eigenvalue weighted by molar-refractivity contribution is 5.78. The highest BCUT2D eigenvalue weighted by atomic mass is 19.1. The molecule has 7 nitrogen and oxygen atoms in total. The van der Waals surface area contributed by atoms with Crippen molar-refractivity contribution in [3.8, 4) is 23.0 Å². The number of benzene rings is 2. The van der Waals surface area contributed by atoms with Crippen molar-refractivity contribution >= 4 is 5.91 Å². The van der Waals surface area contributed by atoms with Gasteiger partial charge >= 0.3 is 0 Å². The van der Waals surface area contributed by atoms with Crippen molar-refractivity contribution in [2.45, 2.75) is 6.54 Å². The fraction of sp³-hybridized carbons (Fsp3) is 0.409. The van der Waals surface area contributed by atoms with Crippen LogP contribution in [0.5, 0.6) is 23.0 Å². The molecule has 0 spiro atoms. The molecule has 0 bridgehead atoms. The zero-order valence-corrected chi connectivity index (χ0v) is 17.5. The minimum Gasteiger partial charge on any atom is -0.493 e. The van der Waals surface area contributed by atoms with E-state index in [0.717, 1.165) is 18.7 Å². The predicted octanol–water partition coefficient (Wildman–Crippen LogP) is 2.57. The van der Waals surface area contributed by atoms with E-state index in [4.69, 9.17) is 18.9 Å². The van der Waals surface area contributed by atoms with Gasteiger partial charge in [-0.3, -0.25) is 9.69 Å². The van der Waals surface area contributed by atoms with Gasteiger partial charge in [0.15, 0.2) is 18.1 Å². The lowest BCUT2D eigenvalue weighted by Crippen LogP contribution is -2.49. The van der Waals surface area contributed by atoms with Crippen LogP contribution in [0.3, 0.4) is 0 Å². The molecule has 0 radical (unpaired) electrons. The summed E-state index contributed by atoms with van der Waals surface area (Å²) in [5, 5.41) is 0. The quantitative estimate of drug-likeness (QED) is 0.657. The van der Waals surface area contributed by atoms with Gasteiger partial charge in [-0.15, -0.1) is 0 Å². The fourth-order valence-corrected chi connectivity index (χ4v) is 3.43. The Kier molecular flexibility index (Phi) is 7.35. The van der Waals surface area contributed by atoms with Crippen molar-refractivity contribution in [2.24, 2.45) is 0 Å². The van der Waals surface area contributed by atoms with Crippen LogP contribution in [0.2, 0.25) is 0 Å². The third-order valence-corrected chi connectivity index (χ3v) is 5.02. The van der Waals surface area contributed by atoms with Gasteiger partial charge in [0.2, 0.25) is 5.75 Å². The van der Waals surface area contributed by atoms with E-state index in [-0.39, 0.29) is 18.3 Å². The average Bonchev–Trinajstić information content (AvgIpc) is 2.77. The Bertz CT molecular complexity index is 843. The second-order valence-corrected chi connectivity index (χ2v) is 6.94. The Morgan fingerprint density at radius 1 is 0.967 bits per heavy atom. The normalized spacial score (nSPS) is 14.3. The van der Waals surface area contributed by atoms with Gasteiger partial charge in [0.25, 0.3) is 5.91 Å². The maximum atomic E-state index is 13.3. The minimum absolute atomic E-state index is 0.0808. The number of carbonyl (C=O) groups is 1. The number of rotatable bonds is 8. The topological polar surface area (TPSA) is 60.5 Å². The molecule has 2 aromatic rings. The third-order valence-electron chi connectivity index (χ3n) is 5.02. The number of halogens is 1. The zero-order chi connectivity index (χ0) is 21.5. The van der Waals surface area contributed by atoms with Gasteiger partial charge in [0, 0.05) is 44.9 Å². The Labute approximate surface area is 175 Å². The summed E-state index contributed by atoms with van der Waals surface area (Å²) in [6, 6.07) is 9.92. The monoisotopic (exact) mass is 418 g/mol. The molecule has 1 aliphatic rings. The van der Waals surface area contributed by atoms with Crippen LogP contribution in [-0.2, 0) is 11.3 Å². The molecule has 3 rings (SSSR count). The van der Waals surface area contributed by atoms with Gasteiger partial charge in [-0.25, -0.2) is 4.39 Å². The van der Waals surface area contributed by atoms with Gasteiger partial charge < -0.3 is 23.8 Å². The number of ether oxygens (including phenoxy) is 4. The smallest absolute Gasteiger partial charge is 0.260 e. The van der Waals surface area contributed by atoms with Crippen LogP contribution >= 0.6 is 0 Å². The summed E-state index contributed by atoms with van der Waals surface area (Å²) in [6.45, 7) is 3.25. The van der Waals surface area contributed by atoms with Crippen molar-refractivity contribution in [1.29, 1.82) is 0 Å². The molecule has 8 heteroatoms. The number of nitrogens with zero attached hydrogens (tertiary/aromatic N) is 2. The summed E-state index contributed by atoms with van der Waals surface area (Å²) >= 11 is 0. The van der Waals surface area contributed by atoms with Gasteiger partial charge in [0.05, 0.1) is 21.3 Å². The van der Waals surface area contributed by atoms with E-state index in [0.29, 0.717) is 42.6 Å². The lowest BCUT2D eigenvalue weighted by atomic mass is 10.2. The first kappa shape index (κ1) is 21.7. The molecule has 1 heterocycles. The van der Waals surface area contributed by atoms with Gasteiger partial charge in [-0.1, -0.05) is 12.1 Å². The van der Waals surface area contributed by atoms with Crippen LogP contribution in [0.1, 0.15) is 5.56 Å². The molecule has 0 saturated carbocycles. The molecule has 30 heavy (non-hydrogen) atoms. The number of piperazine rings is 1. The number of hydrogen-bond donors (Lipinski definition) is 0. The van der Waals surface area contributed by atoms with Crippen LogP contribution in [0, 0.1) is 5.82 Å². The molecule has 0 atom stereocenters. The maximum absolute atomic E-state index is 13.3. The lowest BCUT2D eigenvalue weighted by Gasteiger charge is -2.34. The number of amides is 1. The molecule has 0 aromatic heterocycles. The molecule has 1 fully saturated rings. The summed E-state index contributed by atoms with van der Waals surface area (Å²) in [4.78, 5) is 16.5. The molecular weight excluding hydrogens is 391 g/mol. The summed E-state index contributed by atoms with van der Waals surface area (Å²) in [6.07, 6.45) is 0. The van der Waals surface area contributed by atoms with Crippen LogP contribution < -0.4 is 18.9 Å². The first-order chi connectivity index (χ1) is 14.5. The van der Waals surface area contributed by atoms with Crippen LogP contribution in [-0.4, -0.2) is 69.8 Å². The highest BCUT2D eigenvalue weighted by Crippen LogP contribution is 2.40. The second-order valence-electron chi connectivity index (χ2n) is 6.94. The number of hydrogen-bond acceptors (Lipinski definition) is 6. The number of methoxy groups -OCH3 is 3. The summed E-state index contributed by atoms with van der Waals surface area (Å²) in [5.74, 6) is 1.53. The van der Waals surface area contributed by atoms with Crippen molar-refractivity contribution in [3.05, 3.63) is 47.8 Å². The van der Waals surface area contributed by atoms with Crippen molar-refractivity contribution in [3.63, 3.8) is 0 Å². The molecule has 1 amide bonds. The summed E-state index contributed by atoms with van der Waals surface area (Å²) < 4.78 is 34.9. The predicted molar refractivity (Wildman–Crippen MR) is 110 cm³/mol. The molecule has 1 saturated heterocycles. The van der Waals surface area contributed by atoms with Crippen molar-refractivity contribution in [1.82, 2.24) is 9.80 Å². The second kappa shape index (κ2) is 10.2. The Morgan fingerprint density at radius 2 is 1.63 bits per heavy atom. The fourth-order valence-electron chi connectivity index (χ4n) is 3.43. The minimum atomic E-state index is -0.231. The molecule has 2 aromatic carbocycles. The van der Waals surface area contributed by atoms with E-state index in [9.17, 15) is 9.18 Å². The molecule has 0 N–H and O–H groups in total. The largest absolute Gasteiger partial charge is 0.493 e. The van der Waals surface area contributed by atoms with Gasteiger partial charge in [0.1, 0.15) is 11.6 Å². The SMILES string of the molecule is COc1cc(OCC(=O)N2CCN(Cc3cccc(F)c3)CC2)cc(OC)c1OC. The van der Waals surface area contributed by atoms with Crippen LogP contribution in [0.15, 0.2) is 36.4 Å². The highest BCUT2D eigenvalue weighted by Gasteiger charge is 2.22. The molecule has 1 aliphatic heterocycles. The van der Waals surface area contributed by atoms with E-state index >= 15 is 0 Å². The molecule has 0 aliphatic carbocycles. The summed E-state index contributed by atoms with van der Waals surface area (Å²) in [7, 11) is 4.57. The Hall–Kier alpha value is -3.00. The van der Waals surface area contributed by atoms with Crippen molar-refractivity contribution in [2.75, 3.05) is 54.1 Å². The zero-order valence-electron chi connectivity index (χ0n) is 17.5. The van der Waals surface area contributed by atoms with E-state index in [2.05, 4.69) is 4.90 Å².